The van der Waals surface area contributed by atoms with Gasteiger partial charge in [0, 0.05) is 13.1 Å². The van der Waals surface area contributed by atoms with Crippen LogP contribution in [0.2, 0.25) is 0 Å². The zero-order chi connectivity index (χ0) is 14.8. The van der Waals surface area contributed by atoms with Crippen LogP contribution in [0.3, 0.4) is 0 Å². The van der Waals surface area contributed by atoms with Crippen LogP contribution in [0.15, 0.2) is 18.2 Å². The SMILES string of the molecule is COc1cc(CN2CCC(C(C)(C)C)C2)ccc1C#N. The molecule has 2 rings (SSSR count). The summed E-state index contributed by atoms with van der Waals surface area (Å²) in [5.41, 5.74) is 2.21. The third-order valence-corrected chi connectivity index (χ3v) is 4.29. The van der Waals surface area contributed by atoms with Crippen molar-refractivity contribution < 1.29 is 4.74 Å². The Bertz CT molecular complexity index is 511. The lowest BCUT2D eigenvalue weighted by Crippen LogP contribution is -2.25. The Hall–Kier alpha value is -1.53. The summed E-state index contributed by atoms with van der Waals surface area (Å²) in [5, 5.41) is 9.01. The van der Waals surface area contributed by atoms with E-state index in [9.17, 15) is 0 Å². The second-order valence-corrected chi connectivity index (χ2v) is 6.73. The standard InChI is InChI=1S/C17H24N2O/c1-17(2,3)15-7-8-19(12-15)11-13-5-6-14(10-18)16(9-13)20-4/h5-6,9,15H,7-8,11-12H2,1-4H3. The summed E-state index contributed by atoms with van der Waals surface area (Å²) < 4.78 is 5.28. The van der Waals surface area contributed by atoms with Gasteiger partial charge in [-0.3, -0.25) is 4.90 Å². The van der Waals surface area contributed by atoms with Crippen LogP contribution in [0.5, 0.6) is 5.75 Å². The number of likely N-dealkylation sites (tertiary alicyclic amines) is 1. The van der Waals surface area contributed by atoms with Gasteiger partial charge in [0.1, 0.15) is 11.8 Å². The Morgan fingerprint density at radius 2 is 2.15 bits per heavy atom. The number of nitriles is 1. The van der Waals surface area contributed by atoms with Crippen molar-refractivity contribution in [3.05, 3.63) is 29.3 Å². The van der Waals surface area contributed by atoms with Crippen LogP contribution >= 0.6 is 0 Å². The normalized spacial score (nSPS) is 19.9. The third-order valence-electron chi connectivity index (χ3n) is 4.29. The molecule has 20 heavy (non-hydrogen) atoms. The maximum absolute atomic E-state index is 9.01. The van der Waals surface area contributed by atoms with E-state index in [2.05, 4.69) is 31.7 Å². The zero-order valence-corrected chi connectivity index (χ0v) is 12.9. The summed E-state index contributed by atoms with van der Waals surface area (Å²) in [6, 6.07) is 8.03. The van der Waals surface area contributed by atoms with E-state index in [0.29, 0.717) is 16.7 Å². The molecule has 0 aromatic heterocycles. The third kappa shape index (κ3) is 3.32. The van der Waals surface area contributed by atoms with Crippen LogP contribution in [-0.2, 0) is 6.54 Å². The molecule has 3 heteroatoms. The van der Waals surface area contributed by atoms with Crippen molar-refractivity contribution in [1.29, 1.82) is 5.26 Å². The molecule has 108 valence electrons. The monoisotopic (exact) mass is 272 g/mol. The van der Waals surface area contributed by atoms with Crippen LogP contribution < -0.4 is 4.74 Å². The lowest BCUT2D eigenvalue weighted by molar-refractivity contribution is 0.226. The summed E-state index contributed by atoms with van der Waals surface area (Å²) in [7, 11) is 1.62. The molecule has 1 aromatic carbocycles. The molecule has 1 unspecified atom stereocenters. The lowest BCUT2D eigenvalue weighted by Gasteiger charge is -2.27. The van der Waals surface area contributed by atoms with Gasteiger partial charge >= 0.3 is 0 Å². The molecule has 0 bridgehead atoms. The largest absolute Gasteiger partial charge is 0.495 e. The molecule has 1 atom stereocenters. The van der Waals surface area contributed by atoms with Gasteiger partial charge in [-0.2, -0.15) is 5.26 Å². The number of rotatable bonds is 3. The van der Waals surface area contributed by atoms with E-state index in [1.165, 1.54) is 12.0 Å². The van der Waals surface area contributed by atoms with Gasteiger partial charge in [-0.15, -0.1) is 0 Å². The average Bonchev–Trinajstić information content (AvgIpc) is 2.87. The molecule has 0 saturated carbocycles. The minimum absolute atomic E-state index is 0.386. The van der Waals surface area contributed by atoms with Crippen LogP contribution in [0, 0.1) is 22.7 Å². The van der Waals surface area contributed by atoms with Crippen molar-refractivity contribution in [2.75, 3.05) is 20.2 Å². The van der Waals surface area contributed by atoms with Gasteiger partial charge in [0.25, 0.3) is 0 Å². The summed E-state index contributed by atoms with van der Waals surface area (Å²) >= 11 is 0. The first kappa shape index (κ1) is 14.9. The van der Waals surface area contributed by atoms with Crippen molar-refractivity contribution in [1.82, 2.24) is 4.90 Å². The molecule has 1 aliphatic rings. The number of hydrogen-bond acceptors (Lipinski definition) is 3. The molecule has 1 heterocycles. The summed E-state index contributed by atoms with van der Waals surface area (Å²) in [6.07, 6.45) is 1.27. The Morgan fingerprint density at radius 3 is 2.70 bits per heavy atom. The lowest BCUT2D eigenvalue weighted by atomic mass is 9.80. The second-order valence-electron chi connectivity index (χ2n) is 6.73. The number of methoxy groups -OCH3 is 1. The smallest absolute Gasteiger partial charge is 0.136 e. The number of hydrogen-bond donors (Lipinski definition) is 0. The van der Waals surface area contributed by atoms with Gasteiger partial charge in [0.2, 0.25) is 0 Å². The predicted octanol–water partition coefficient (Wildman–Crippen LogP) is 3.43. The highest BCUT2D eigenvalue weighted by molar-refractivity contribution is 5.45. The van der Waals surface area contributed by atoms with Crippen molar-refractivity contribution in [2.24, 2.45) is 11.3 Å². The first-order valence-electron chi connectivity index (χ1n) is 7.23. The summed E-state index contributed by atoms with van der Waals surface area (Å²) in [4.78, 5) is 2.50. The van der Waals surface area contributed by atoms with Gasteiger partial charge < -0.3 is 4.74 Å². The van der Waals surface area contributed by atoms with Crippen LogP contribution in [0.1, 0.15) is 38.3 Å². The minimum atomic E-state index is 0.386. The van der Waals surface area contributed by atoms with E-state index in [0.717, 1.165) is 25.6 Å². The Morgan fingerprint density at radius 1 is 1.40 bits per heavy atom. The van der Waals surface area contributed by atoms with Gasteiger partial charge in [0.05, 0.1) is 12.7 Å². The average molecular weight is 272 g/mol. The van der Waals surface area contributed by atoms with Crippen LogP contribution in [-0.4, -0.2) is 25.1 Å². The molecule has 1 aliphatic heterocycles. The second kappa shape index (κ2) is 5.85. The van der Waals surface area contributed by atoms with Crippen molar-refractivity contribution >= 4 is 0 Å². The van der Waals surface area contributed by atoms with Crippen LogP contribution in [0.4, 0.5) is 0 Å². The van der Waals surface area contributed by atoms with Crippen LogP contribution in [0.25, 0.3) is 0 Å². The van der Waals surface area contributed by atoms with Gasteiger partial charge in [-0.05, 0) is 42.0 Å². The van der Waals surface area contributed by atoms with E-state index in [-0.39, 0.29) is 0 Å². The van der Waals surface area contributed by atoms with E-state index in [1.54, 1.807) is 7.11 Å². The van der Waals surface area contributed by atoms with Gasteiger partial charge in [-0.1, -0.05) is 26.8 Å². The quantitative estimate of drug-likeness (QED) is 0.845. The maximum Gasteiger partial charge on any atom is 0.136 e. The zero-order valence-electron chi connectivity index (χ0n) is 12.9. The highest BCUT2D eigenvalue weighted by Crippen LogP contribution is 2.34. The highest BCUT2D eigenvalue weighted by Gasteiger charge is 2.31. The van der Waals surface area contributed by atoms with E-state index in [1.807, 2.05) is 18.2 Å². The Labute approximate surface area is 122 Å². The predicted molar refractivity (Wildman–Crippen MR) is 80.5 cm³/mol. The summed E-state index contributed by atoms with van der Waals surface area (Å²) in [6.45, 7) is 10.2. The van der Waals surface area contributed by atoms with Crippen molar-refractivity contribution in [3.8, 4) is 11.8 Å². The van der Waals surface area contributed by atoms with E-state index < -0.39 is 0 Å². The maximum atomic E-state index is 9.01. The van der Waals surface area contributed by atoms with E-state index >= 15 is 0 Å². The number of benzene rings is 1. The highest BCUT2D eigenvalue weighted by atomic mass is 16.5. The molecule has 0 spiro atoms. The van der Waals surface area contributed by atoms with Gasteiger partial charge in [0.15, 0.2) is 0 Å². The van der Waals surface area contributed by atoms with Crippen molar-refractivity contribution in [2.45, 2.75) is 33.7 Å². The van der Waals surface area contributed by atoms with Crippen molar-refractivity contribution in [3.63, 3.8) is 0 Å². The number of ether oxygens (including phenoxy) is 1. The molecule has 0 N–H and O–H groups in total. The first-order valence-corrected chi connectivity index (χ1v) is 7.23. The molecular formula is C17H24N2O. The fourth-order valence-electron chi connectivity index (χ4n) is 2.87. The molecule has 1 fully saturated rings. The molecule has 0 aliphatic carbocycles. The fraction of sp³-hybridized carbons (Fsp3) is 0.588. The topological polar surface area (TPSA) is 36.3 Å². The Kier molecular flexibility index (Phi) is 4.35. The summed E-state index contributed by atoms with van der Waals surface area (Å²) in [5.74, 6) is 1.44. The molecule has 1 aromatic rings. The molecule has 1 saturated heterocycles. The van der Waals surface area contributed by atoms with Gasteiger partial charge in [-0.25, -0.2) is 0 Å². The van der Waals surface area contributed by atoms with E-state index in [4.69, 9.17) is 10.00 Å². The fourth-order valence-corrected chi connectivity index (χ4v) is 2.87. The molecule has 3 nitrogen and oxygen atoms in total. The molecule has 0 amide bonds. The minimum Gasteiger partial charge on any atom is -0.495 e. The molecular weight excluding hydrogens is 248 g/mol. The Balaban J connectivity index is 2.03. The molecule has 0 radical (unpaired) electrons. The first-order chi connectivity index (χ1) is 9.44. The number of nitrogens with zero attached hydrogens (tertiary/aromatic N) is 2.